The number of ether oxygens (including phenoxy) is 1. The lowest BCUT2D eigenvalue weighted by molar-refractivity contribution is -0.0803. The van der Waals surface area contributed by atoms with Gasteiger partial charge in [-0.25, -0.2) is 9.18 Å². The van der Waals surface area contributed by atoms with Crippen molar-refractivity contribution in [2.24, 2.45) is 0 Å². The Kier molecular flexibility index (Phi) is 4.00. The van der Waals surface area contributed by atoms with Crippen LogP contribution in [0.1, 0.15) is 20.1 Å². The first kappa shape index (κ1) is 15.4. The van der Waals surface area contributed by atoms with Crippen molar-refractivity contribution >= 4 is 0 Å². The standard InChI is InChI=1S/C13H15FN2O5/c1-3-5-13(14)10(19)9(7(2)17)21-11(13)16-6-4-8(18)15-12(16)20/h4,6-7,9-11,17,19H,1-2H3,(H,15,18,20)/t7-,9-,10?,11-,13-/m1/s1. The number of H-pyrrole nitrogens is 1. The number of aromatic amines is 1. The van der Waals surface area contributed by atoms with E-state index in [-0.39, 0.29) is 0 Å². The molecule has 3 N–H and O–H groups in total. The van der Waals surface area contributed by atoms with E-state index in [2.05, 4.69) is 11.8 Å². The van der Waals surface area contributed by atoms with E-state index < -0.39 is 41.5 Å². The van der Waals surface area contributed by atoms with Crippen LogP contribution >= 0.6 is 0 Å². The van der Waals surface area contributed by atoms with E-state index in [0.717, 1.165) is 16.8 Å². The summed E-state index contributed by atoms with van der Waals surface area (Å²) in [5.74, 6) is 4.53. The van der Waals surface area contributed by atoms with Crippen molar-refractivity contribution in [2.45, 2.75) is 44.1 Å². The highest BCUT2D eigenvalue weighted by Gasteiger charge is 2.59. The van der Waals surface area contributed by atoms with Crippen LogP contribution in [0.15, 0.2) is 21.9 Å². The van der Waals surface area contributed by atoms with Crippen molar-refractivity contribution in [3.8, 4) is 11.8 Å². The molecule has 0 radical (unpaired) electrons. The molecule has 0 aliphatic carbocycles. The lowest BCUT2D eigenvalue weighted by atomic mass is 9.94. The van der Waals surface area contributed by atoms with Crippen LogP contribution in [0.25, 0.3) is 0 Å². The third-order valence-corrected chi connectivity index (χ3v) is 3.28. The van der Waals surface area contributed by atoms with E-state index in [4.69, 9.17) is 4.74 Å². The van der Waals surface area contributed by atoms with Crippen LogP contribution in [0.5, 0.6) is 0 Å². The number of nitrogens with zero attached hydrogens (tertiary/aromatic N) is 1. The molecule has 0 amide bonds. The number of nitrogens with one attached hydrogen (secondary N) is 1. The molecule has 0 aromatic carbocycles. The Hall–Kier alpha value is -1.95. The van der Waals surface area contributed by atoms with Gasteiger partial charge < -0.3 is 14.9 Å². The predicted molar refractivity (Wildman–Crippen MR) is 70.2 cm³/mol. The number of hydrogen-bond acceptors (Lipinski definition) is 5. The van der Waals surface area contributed by atoms with Gasteiger partial charge in [-0.15, -0.1) is 5.92 Å². The van der Waals surface area contributed by atoms with Gasteiger partial charge in [0, 0.05) is 12.3 Å². The predicted octanol–water partition coefficient (Wildman–Crippen LogP) is -1.09. The molecule has 8 heteroatoms. The number of aliphatic hydroxyl groups excluding tert-OH is 2. The maximum atomic E-state index is 15.0. The first-order valence-corrected chi connectivity index (χ1v) is 6.27. The second-order valence-electron chi connectivity index (χ2n) is 4.80. The summed E-state index contributed by atoms with van der Waals surface area (Å²) in [6.07, 6.45) is -4.69. The highest BCUT2D eigenvalue weighted by atomic mass is 19.1. The smallest absolute Gasteiger partial charge is 0.330 e. The van der Waals surface area contributed by atoms with Gasteiger partial charge in [-0.2, -0.15) is 0 Å². The summed E-state index contributed by atoms with van der Waals surface area (Å²) in [5.41, 5.74) is -4.13. The molecule has 0 spiro atoms. The molecule has 1 aromatic heterocycles. The summed E-state index contributed by atoms with van der Waals surface area (Å²) in [6, 6.07) is 1.02. The van der Waals surface area contributed by atoms with E-state index in [1.165, 1.54) is 13.8 Å². The zero-order valence-electron chi connectivity index (χ0n) is 11.4. The summed E-state index contributed by atoms with van der Waals surface area (Å²) in [6.45, 7) is 2.70. The van der Waals surface area contributed by atoms with Crippen molar-refractivity contribution in [3.63, 3.8) is 0 Å². The Morgan fingerprint density at radius 3 is 2.76 bits per heavy atom. The third-order valence-electron chi connectivity index (χ3n) is 3.28. The van der Waals surface area contributed by atoms with Crippen molar-refractivity contribution in [3.05, 3.63) is 33.1 Å². The molecule has 2 rings (SSSR count). The van der Waals surface area contributed by atoms with E-state index in [1.54, 1.807) is 0 Å². The van der Waals surface area contributed by atoms with Crippen LogP contribution in [0.3, 0.4) is 0 Å². The Bertz CT molecular complexity index is 701. The molecule has 0 saturated carbocycles. The van der Waals surface area contributed by atoms with Crippen LogP contribution in [0.4, 0.5) is 4.39 Å². The largest absolute Gasteiger partial charge is 0.391 e. The van der Waals surface area contributed by atoms with Crippen molar-refractivity contribution < 1.29 is 19.3 Å². The molecular formula is C13H15FN2O5. The van der Waals surface area contributed by atoms with E-state index in [1.807, 2.05) is 4.98 Å². The topological polar surface area (TPSA) is 105 Å². The number of aromatic nitrogens is 2. The zero-order valence-corrected chi connectivity index (χ0v) is 11.4. The third kappa shape index (κ3) is 2.51. The van der Waals surface area contributed by atoms with E-state index in [0.29, 0.717) is 0 Å². The molecule has 114 valence electrons. The van der Waals surface area contributed by atoms with E-state index in [9.17, 15) is 19.8 Å². The normalized spacial score (nSPS) is 33.3. The SMILES string of the molecule is CC#C[C@@]1(F)C(O)[C@@H]([C@@H](C)O)O[C@H]1n1ccc(=O)[nH]c1=O. The summed E-state index contributed by atoms with van der Waals surface area (Å²) in [7, 11) is 0. The van der Waals surface area contributed by atoms with Gasteiger partial charge in [0.05, 0.1) is 6.10 Å². The quantitative estimate of drug-likeness (QED) is 0.602. The van der Waals surface area contributed by atoms with Crippen LogP contribution < -0.4 is 11.2 Å². The molecule has 1 aliphatic heterocycles. The molecule has 5 atom stereocenters. The van der Waals surface area contributed by atoms with Crippen molar-refractivity contribution in [1.82, 2.24) is 9.55 Å². The maximum Gasteiger partial charge on any atom is 0.330 e. The number of halogens is 1. The average Bonchev–Trinajstić information content (AvgIpc) is 2.64. The Morgan fingerprint density at radius 2 is 2.24 bits per heavy atom. The minimum absolute atomic E-state index is 0.645. The molecular weight excluding hydrogens is 283 g/mol. The molecule has 1 fully saturated rings. The number of alkyl halides is 1. The van der Waals surface area contributed by atoms with Gasteiger partial charge in [0.25, 0.3) is 5.56 Å². The molecule has 1 unspecified atom stereocenters. The van der Waals surface area contributed by atoms with Crippen LogP contribution in [0.2, 0.25) is 0 Å². The Balaban J connectivity index is 2.56. The molecule has 1 aliphatic rings. The second-order valence-corrected chi connectivity index (χ2v) is 4.80. The highest BCUT2D eigenvalue weighted by Crippen LogP contribution is 2.41. The average molecular weight is 298 g/mol. The second kappa shape index (κ2) is 5.44. The van der Waals surface area contributed by atoms with Gasteiger partial charge in [0.1, 0.15) is 12.2 Å². The fraction of sp³-hybridized carbons (Fsp3) is 0.538. The zero-order chi connectivity index (χ0) is 15.8. The Labute approximate surface area is 119 Å². The fourth-order valence-corrected chi connectivity index (χ4v) is 2.29. The fourth-order valence-electron chi connectivity index (χ4n) is 2.29. The van der Waals surface area contributed by atoms with E-state index >= 15 is 4.39 Å². The summed E-state index contributed by atoms with van der Waals surface area (Å²) in [4.78, 5) is 24.8. The monoisotopic (exact) mass is 298 g/mol. The first-order valence-electron chi connectivity index (χ1n) is 6.27. The highest BCUT2D eigenvalue weighted by molar-refractivity contribution is 5.23. The van der Waals surface area contributed by atoms with Gasteiger partial charge in [-0.05, 0) is 13.8 Å². The molecule has 0 bridgehead atoms. The molecule has 1 saturated heterocycles. The van der Waals surface area contributed by atoms with Crippen LogP contribution in [0, 0.1) is 11.8 Å². The number of hydrogen-bond donors (Lipinski definition) is 3. The van der Waals surface area contributed by atoms with Gasteiger partial charge in [0.2, 0.25) is 5.67 Å². The van der Waals surface area contributed by atoms with Crippen LogP contribution in [-0.4, -0.2) is 43.7 Å². The lowest BCUT2D eigenvalue weighted by Crippen LogP contribution is -2.45. The first-order chi connectivity index (χ1) is 9.81. The molecule has 1 aromatic rings. The minimum Gasteiger partial charge on any atom is -0.391 e. The number of rotatable bonds is 2. The van der Waals surface area contributed by atoms with Gasteiger partial charge in [-0.1, -0.05) is 5.92 Å². The molecule has 7 nitrogen and oxygen atoms in total. The lowest BCUT2D eigenvalue weighted by Gasteiger charge is -2.24. The van der Waals surface area contributed by atoms with Crippen molar-refractivity contribution in [1.29, 1.82) is 0 Å². The molecule has 2 heterocycles. The summed E-state index contributed by atoms with van der Waals surface area (Å²) < 4.78 is 21.1. The van der Waals surface area contributed by atoms with Crippen molar-refractivity contribution in [2.75, 3.05) is 0 Å². The van der Waals surface area contributed by atoms with Gasteiger partial charge in [-0.3, -0.25) is 14.3 Å². The van der Waals surface area contributed by atoms with Crippen LogP contribution in [-0.2, 0) is 4.74 Å². The maximum absolute atomic E-state index is 15.0. The summed E-state index contributed by atoms with van der Waals surface area (Å²) in [5, 5.41) is 19.6. The summed E-state index contributed by atoms with van der Waals surface area (Å²) >= 11 is 0. The van der Waals surface area contributed by atoms with Gasteiger partial charge >= 0.3 is 5.69 Å². The number of aliphatic hydroxyl groups is 2. The minimum atomic E-state index is -2.58. The molecule has 21 heavy (non-hydrogen) atoms. The van der Waals surface area contributed by atoms with Gasteiger partial charge in [0.15, 0.2) is 6.23 Å². The Morgan fingerprint density at radius 1 is 1.57 bits per heavy atom.